The van der Waals surface area contributed by atoms with Gasteiger partial charge >= 0.3 is 12.4 Å². The first-order valence-corrected chi connectivity index (χ1v) is 9.69. The molecule has 1 atom stereocenters. The summed E-state index contributed by atoms with van der Waals surface area (Å²) in [5.74, 6) is 0. The molecule has 0 saturated carbocycles. The van der Waals surface area contributed by atoms with Gasteiger partial charge in [0.2, 0.25) is 0 Å². The summed E-state index contributed by atoms with van der Waals surface area (Å²) in [7, 11) is 0. The fraction of sp³-hybridized carbons (Fsp3) is 0.429. The molecule has 2 aromatic rings. The molecule has 0 bridgehead atoms. The van der Waals surface area contributed by atoms with E-state index in [0.717, 1.165) is 30.5 Å². The average molecular weight is 442 g/mol. The summed E-state index contributed by atoms with van der Waals surface area (Å²) in [5.41, 5.74) is -1.11. The van der Waals surface area contributed by atoms with Crippen LogP contribution in [0.1, 0.15) is 36.5 Å². The zero-order chi connectivity index (χ0) is 22.8. The topological polar surface area (TPSA) is 43.2 Å². The molecule has 1 aromatic heterocycles. The van der Waals surface area contributed by atoms with Crippen molar-refractivity contribution < 1.29 is 26.3 Å². The zero-order valence-electron chi connectivity index (χ0n) is 16.6. The lowest BCUT2D eigenvalue weighted by Crippen LogP contribution is -2.48. The van der Waals surface area contributed by atoms with Gasteiger partial charge in [-0.25, -0.2) is 0 Å². The van der Waals surface area contributed by atoms with Crippen molar-refractivity contribution in [1.29, 1.82) is 5.26 Å². The number of alkyl halides is 6. The summed E-state index contributed by atoms with van der Waals surface area (Å²) < 4.78 is 78.8. The van der Waals surface area contributed by atoms with E-state index in [1.807, 2.05) is 6.07 Å². The van der Waals surface area contributed by atoms with Gasteiger partial charge in [0.15, 0.2) is 0 Å². The second-order valence-corrected chi connectivity index (χ2v) is 7.30. The first-order chi connectivity index (χ1) is 14.5. The van der Waals surface area contributed by atoms with Crippen LogP contribution in [0.5, 0.6) is 0 Å². The Morgan fingerprint density at radius 1 is 1.10 bits per heavy atom. The SMILES string of the molecule is CCN(c1cc(C(F)(F)F)ccc1C#N)C1CCCN(c2cncc(C(F)(F)F)c2)C1. The lowest BCUT2D eigenvalue weighted by atomic mass is 10.00. The molecule has 1 aliphatic rings. The van der Waals surface area contributed by atoms with Crippen LogP contribution in [-0.2, 0) is 12.4 Å². The van der Waals surface area contributed by atoms with Crippen molar-refractivity contribution in [1.82, 2.24) is 4.98 Å². The minimum atomic E-state index is -4.55. The number of benzene rings is 1. The summed E-state index contributed by atoms with van der Waals surface area (Å²) in [4.78, 5) is 7.17. The highest BCUT2D eigenvalue weighted by molar-refractivity contribution is 5.62. The van der Waals surface area contributed by atoms with Crippen LogP contribution in [0.4, 0.5) is 37.7 Å². The molecule has 1 unspecified atom stereocenters. The van der Waals surface area contributed by atoms with E-state index in [4.69, 9.17) is 0 Å². The Balaban J connectivity index is 1.91. The van der Waals surface area contributed by atoms with Gasteiger partial charge in [-0.1, -0.05) is 0 Å². The van der Waals surface area contributed by atoms with Crippen LogP contribution in [0, 0.1) is 11.3 Å². The van der Waals surface area contributed by atoms with Crippen LogP contribution in [0.15, 0.2) is 36.7 Å². The number of nitriles is 1. The highest BCUT2D eigenvalue weighted by Crippen LogP contribution is 2.36. The number of likely N-dealkylation sites (N-methyl/N-ethyl adjacent to an activating group) is 1. The second-order valence-electron chi connectivity index (χ2n) is 7.30. The molecule has 166 valence electrons. The number of pyridine rings is 1. The Kier molecular flexibility index (Phi) is 6.34. The average Bonchev–Trinajstić information content (AvgIpc) is 2.73. The molecular weight excluding hydrogens is 422 g/mol. The fourth-order valence-electron chi connectivity index (χ4n) is 3.86. The summed E-state index contributed by atoms with van der Waals surface area (Å²) in [5, 5.41) is 9.41. The van der Waals surface area contributed by atoms with Crippen LogP contribution in [-0.4, -0.2) is 30.7 Å². The predicted molar refractivity (Wildman–Crippen MR) is 104 cm³/mol. The van der Waals surface area contributed by atoms with E-state index in [1.165, 1.54) is 6.20 Å². The van der Waals surface area contributed by atoms with Gasteiger partial charge in [0.1, 0.15) is 6.07 Å². The van der Waals surface area contributed by atoms with E-state index in [1.54, 1.807) is 16.7 Å². The Labute approximate surface area is 175 Å². The van der Waals surface area contributed by atoms with E-state index in [2.05, 4.69) is 4.98 Å². The fourth-order valence-corrected chi connectivity index (χ4v) is 3.86. The monoisotopic (exact) mass is 442 g/mol. The Hall–Kier alpha value is -2.96. The molecule has 0 spiro atoms. The standard InChI is InChI=1S/C21H20F6N4/c1-2-31(19-9-15(20(22,23)24)6-5-14(19)10-28)17-4-3-7-30(13-17)18-8-16(11-29-12-18)21(25,26)27/h5-6,8-9,11-12,17H,2-4,7,13H2,1H3. The van der Waals surface area contributed by atoms with Gasteiger partial charge in [-0.05, 0) is 44.0 Å². The van der Waals surface area contributed by atoms with Crippen molar-refractivity contribution in [2.75, 3.05) is 29.4 Å². The van der Waals surface area contributed by atoms with Gasteiger partial charge in [-0.3, -0.25) is 4.98 Å². The van der Waals surface area contributed by atoms with Gasteiger partial charge < -0.3 is 9.80 Å². The van der Waals surface area contributed by atoms with Crippen molar-refractivity contribution in [2.24, 2.45) is 0 Å². The van der Waals surface area contributed by atoms with Crippen LogP contribution < -0.4 is 9.80 Å². The molecule has 10 heteroatoms. The molecule has 2 heterocycles. The van der Waals surface area contributed by atoms with Crippen LogP contribution in [0.3, 0.4) is 0 Å². The maximum atomic E-state index is 13.2. The lowest BCUT2D eigenvalue weighted by molar-refractivity contribution is -0.138. The molecule has 1 aromatic carbocycles. The van der Waals surface area contributed by atoms with Gasteiger partial charge in [0.25, 0.3) is 0 Å². The third-order valence-electron chi connectivity index (χ3n) is 5.35. The van der Waals surface area contributed by atoms with Crippen molar-refractivity contribution in [2.45, 2.75) is 38.2 Å². The first kappa shape index (κ1) is 22.7. The zero-order valence-corrected chi connectivity index (χ0v) is 16.6. The van der Waals surface area contributed by atoms with Gasteiger partial charge in [-0.15, -0.1) is 0 Å². The lowest BCUT2D eigenvalue weighted by Gasteiger charge is -2.41. The number of anilines is 2. The number of hydrogen-bond acceptors (Lipinski definition) is 4. The van der Waals surface area contributed by atoms with Crippen LogP contribution >= 0.6 is 0 Å². The third kappa shape index (κ3) is 5.03. The number of nitrogens with zero attached hydrogens (tertiary/aromatic N) is 4. The quantitative estimate of drug-likeness (QED) is 0.588. The summed E-state index contributed by atoms with van der Waals surface area (Å²) in [6.07, 6.45) is -5.70. The minimum Gasteiger partial charge on any atom is -0.368 e. The van der Waals surface area contributed by atoms with Gasteiger partial charge in [0, 0.05) is 31.9 Å². The predicted octanol–water partition coefficient (Wildman–Crippen LogP) is 5.49. The van der Waals surface area contributed by atoms with E-state index in [-0.39, 0.29) is 17.3 Å². The van der Waals surface area contributed by atoms with Crippen molar-refractivity contribution >= 4 is 11.4 Å². The molecule has 0 aliphatic carbocycles. The van der Waals surface area contributed by atoms with Crippen molar-refractivity contribution in [3.8, 4) is 6.07 Å². The molecule has 4 nitrogen and oxygen atoms in total. The Bertz CT molecular complexity index is 964. The number of rotatable bonds is 4. The molecule has 3 rings (SSSR count). The van der Waals surface area contributed by atoms with E-state index in [9.17, 15) is 31.6 Å². The third-order valence-corrected chi connectivity index (χ3v) is 5.35. The molecule has 0 amide bonds. The van der Waals surface area contributed by atoms with Crippen LogP contribution in [0.25, 0.3) is 0 Å². The molecule has 1 fully saturated rings. The van der Waals surface area contributed by atoms with E-state index in [0.29, 0.717) is 38.2 Å². The second kappa shape index (κ2) is 8.65. The highest BCUT2D eigenvalue weighted by Gasteiger charge is 2.34. The van der Waals surface area contributed by atoms with Gasteiger partial charge in [-0.2, -0.15) is 31.6 Å². The molecule has 31 heavy (non-hydrogen) atoms. The normalized spacial score (nSPS) is 17.4. The first-order valence-electron chi connectivity index (χ1n) is 9.69. The number of hydrogen-bond donors (Lipinski definition) is 0. The van der Waals surface area contributed by atoms with E-state index < -0.39 is 23.5 Å². The highest BCUT2D eigenvalue weighted by atomic mass is 19.4. The van der Waals surface area contributed by atoms with Crippen molar-refractivity contribution in [3.05, 3.63) is 53.3 Å². The molecule has 0 N–H and O–H groups in total. The van der Waals surface area contributed by atoms with E-state index >= 15 is 0 Å². The Morgan fingerprint density at radius 2 is 1.81 bits per heavy atom. The largest absolute Gasteiger partial charge is 0.417 e. The summed E-state index contributed by atoms with van der Waals surface area (Å²) >= 11 is 0. The Morgan fingerprint density at radius 3 is 2.42 bits per heavy atom. The maximum Gasteiger partial charge on any atom is 0.417 e. The molecule has 0 radical (unpaired) electrons. The molecule has 1 saturated heterocycles. The van der Waals surface area contributed by atoms with Crippen molar-refractivity contribution in [3.63, 3.8) is 0 Å². The number of piperidine rings is 1. The smallest absolute Gasteiger partial charge is 0.368 e. The molecule has 1 aliphatic heterocycles. The van der Waals surface area contributed by atoms with Gasteiger partial charge in [0.05, 0.1) is 34.3 Å². The maximum absolute atomic E-state index is 13.2. The minimum absolute atomic E-state index is 0.118. The summed E-state index contributed by atoms with van der Waals surface area (Å²) in [6, 6.07) is 5.68. The summed E-state index contributed by atoms with van der Waals surface area (Å²) in [6.45, 7) is 2.92. The van der Waals surface area contributed by atoms with Crippen LogP contribution in [0.2, 0.25) is 0 Å². The number of aromatic nitrogens is 1. The number of halogens is 6. The molecular formula is C21H20F6N4.